The molecule has 0 atom stereocenters. The molecule has 1 amide bonds. The van der Waals surface area contributed by atoms with Crippen molar-refractivity contribution in [3.8, 4) is 5.69 Å². The maximum absolute atomic E-state index is 15.1. The van der Waals surface area contributed by atoms with Crippen LogP contribution in [-0.2, 0) is 23.7 Å². The van der Waals surface area contributed by atoms with Crippen LogP contribution in [0.15, 0.2) is 67.5 Å². The third-order valence-electron chi connectivity index (χ3n) is 5.22. The average Bonchev–Trinajstić information content (AvgIpc) is 3.40. The second kappa shape index (κ2) is 10.5. The van der Waals surface area contributed by atoms with Gasteiger partial charge in [0, 0.05) is 29.8 Å². The van der Waals surface area contributed by atoms with E-state index in [2.05, 4.69) is 30.7 Å². The van der Waals surface area contributed by atoms with Crippen LogP contribution in [0.2, 0.25) is 5.02 Å². The predicted octanol–water partition coefficient (Wildman–Crippen LogP) is 2.17. The highest BCUT2D eigenvalue weighted by Crippen LogP contribution is 2.26. The van der Waals surface area contributed by atoms with E-state index in [0.717, 1.165) is 11.3 Å². The molecule has 0 saturated carbocycles. The summed E-state index contributed by atoms with van der Waals surface area (Å²) in [5.41, 5.74) is 1.14. The fraction of sp³-hybridized carbons (Fsp3) is 0.174. The van der Waals surface area contributed by atoms with Crippen LogP contribution in [0.4, 0.5) is 19.0 Å². The van der Waals surface area contributed by atoms with Crippen molar-refractivity contribution in [2.75, 3.05) is 11.9 Å². The minimum atomic E-state index is -3.29. The first-order valence-electron chi connectivity index (χ1n) is 10.6. The molecule has 0 aliphatic carbocycles. The Bertz CT molecular complexity index is 1300. The molecule has 0 spiro atoms. The molecule has 0 fully saturated rings. The molecule has 0 aliphatic heterocycles. The number of halogens is 4. The highest BCUT2D eigenvalue weighted by atomic mass is 35.5. The summed E-state index contributed by atoms with van der Waals surface area (Å²) in [4.78, 5) is 21.5. The normalized spacial score (nSPS) is 11.3. The summed E-state index contributed by atoms with van der Waals surface area (Å²) in [7, 11) is 0. The minimum Gasteiger partial charge on any atom is -0.352 e. The molecule has 0 radical (unpaired) electrons. The molecule has 0 bridgehead atoms. The first kappa shape index (κ1) is 24.1. The van der Waals surface area contributed by atoms with Gasteiger partial charge in [-0.25, -0.2) is 9.97 Å². The van der Waals surface area contributed by atoms with Crippen LogP contribution in [0.25, 0.3) is 5.69 Å². The van der Waals surface area contributed by atoms with Crippen molar-refractivity contribution in [3.05, 3.63) is 95.2 Å². The standard InChI is InChI=1S/C23H19ClF3N7O/c24-17-11-31-22(32-12-23(26,27)19-7-3-4-8-29-19)21(25)16(17)9-20(35)30-10-15-5-1-2-6-18(15)34-14-28-13-33-34/h1-8,11,13-14H,9-10,12H2,(H2,30,31,32,35)/p+3. The summed E-state index contributed by atoms with van der Waals surface area (Å²) < 4.78 is 45.6. The van der Waals surface area contributed by atoms with Crippen molar-refractivity contribution in [2.24, 2.45) is 0 Å². The molecule has 1 aromatic carbocycles. The number of pyridine rings is 2. The largest absolute Gasteiger partial charge is 0.365 e. The number of benzene rings is 1. The highest BCUT2D eigenvalue weighted by Gasteiger charge is 2.40. The smallest absolute Gasteiger partial charge is 0.352 e. The van der Waals surface area contributed by atoms with Crippen LogP contribution >= 0.6 is 11.6 Å². The third kappa shape index (κ3) is 5.75. The number of anilines is 1. The Labute approximate surface area is 203 Å². The maximum Gasteiger partial charge on any atom is 0.365 e. The number of carbonyl (C=O) groups is 1. The van der Waals surface area contributed by atoms with E-state index in [1.807, 2.05) is 24.3 Å². The number of rotatable bonds is 9. The molecule has 12 heteroatoms. The lowest BCUT2D eigenvalue weighted by Crippen LogP contribution is -2.35. The van der Waals surface area contributed by atoms with Gasteiger partial charge in [-0.15, -0.1) is 4.68 Å². The summed E-state index contributed by atoms with van der Waals surface area (Å²) in [5.74, 6) is -4.99. The molecule has 5 N–H and O–H groups in total. The second-order valence-corrected chi connectivity index (χ2v) is 8.02. The summed E-state index contributed by atoms with van der Waals surface area (Å²) in [5, 5.41) is 8.01. The SMILES string of the molecule is O=C(Cc1c(Cl)c[nH+]c(NCC(F)(F)c2cccc[nH+]2)c1F)NCc1ccccc1-[n+]1cnc[nH]1. The van der Waals surface area contributed by atoms with Crippen molar-refractivity contribution >= 4 is 23.3 Å². The lowest BCUT2D eigenvalue weighted by atomic mass is 10.1. The zero-order chi connectivity index (χ0) is 24.8. The number of aromatic nitrogens is 5. The number of hydrogen-bond donors (Lipinski definition) is 3. The number of aromatic amines is 3. The summed E-state index contributed by atoms with van der Waals surface area (Å²) in [6.45, 7) is -0.708. The van der Waals surface area contributed by atoms with Crippen molar-refractivity contribution < 1.29 is 32.6 Å². The molecular weight excluding hydrogens is 483 g/mol. The number of hydrogen-bond acceptors (Lipinski definition) is 3. The molecule has 8 nitrogen and oxygen atoms in total. The average molecular weight is 505 g/mol. The number of alkyl halides is 2. The van der Waals surface area contributed by atoms with Crippen LogP contribution < -0.4 is 25.3 Å². The number of H-pyrrole nitrogens is 3. The zero-order valence-electron chi connectivity index (χ0n) is 18.3. The maximum atomic E-state index is 15.1. The quantitative estimate of drug-likeness (QED) is 0.304. The van der Waals surface area contributed by atoms with E-state index in [4.69, 9.17) is 11.6 Å². The lowest BCUT2D eigenvalue weighted by Gasteiger charge is -2.12. The molecule has 3 heterocycles. The second-order valence-electron chi connectivity index (χ2n) is 7.61. The van der Waals surface area contributed by atoms with Gasteiger partial charge in [0.25, 0.3) is 5.69 Å². The Balaban J connectivity index is 1.43. The van der Waals surface area contributed by atoms with E-state index < -0.39 is 24.2 Å². The molecule has 0 unspecified atom stereocenters. The van der Waals surface area contributed by atoms with Gasteiger partial charge >= 0.3 is 18.1 Å². The van der Waals surface area contributed by atoms with E-state index in [0.29, 0.717) is 0 Å². The fourth-order valence-electron chi connectivity index (χ4n) is 3.42. The Morgan fingerprint density at radius 1 is 1.17 bits per heavy atom. The van der Waals surface area contributed by atoms with Gasteiger partial charge in [-0.1, -0.05) is 29.8 Å². The molecule has 4 aromatic rings. The van der Waals surface area contributed by atoms with Crippen molar-refractivity contribution in [2.45, 2.75) is 18.9 Å². The first-order valence-corrected chi connectivity index (χ1v) is 11.0. The van der Waals surface area contributed by atoms with E-state index in [-0.39, 0.29) is 35.1 Å². The van der Waals surface area contributed by atoms with Crippen LogP contribution in [0, 0.1) is 5.82 Å². The molecule has 0 aliphatic rings. The third-order valence-corrected chi connectivity index (χ3v) is 5.56. The van der Waals surface area contributed by atoms with E-state index >= 15 is 4.39 Å². The molecular formula is C23H22ClF3N7O+3. The lowest BCUT2D eigenvalue weighted by molar-refractivity contribution is -0.657. The first-order chi connectivity index (χ1) is 16.8. The molecule has 4 rings (SSSR count). The summed E-state index contributed by atoms with van der Waals surface area (Å²) in [6, 6.07) is 11.6. The Morgan fingerprint density at radius 2 is 1.97 bits per heavy atom. The van der Waals surface area contributed by atoms with E-state index in [9.17, 15) is 13.6 Å². The van der Waals surface area contributed by atoms with Gasteiger partial charge in [0.2, 0.25) is 18.1 Å². The monoisotopic (exact) mass is 504 g/mol. The molecule has 35 heavy (non-hydrogen) atoms. The molecule has 3 aromatic heterocycles. The number of amides is 1. The summed E-state index contributed by atoms with van der Waals surface area (Å²) in [6.07, 6.45) is 5.35. The van der Waals surface area contributed by atoms with E-state index in [1.165, 1.54) is 30.9 Å². The van der Waals surface area contributed by atoms with Gasteiger partial charge in [0.1, 0.15) is 6.20 Å². The van der Waals surface area contributed by atoms with Gasteiger partial charge < -0.3 is 5.32 Å². The number of nitrogens with zero attached hydrogens (tertiary/aromatic N) is 2. The number of nitrogens with one attached hydrogen (secondary N) is 5. The van der Waals surface area contributed by atoms with Crippen LogP contribution in [0.3, 0.4) is 0 Å². The van der Waals surface area contributed by atoms with Crippen molar-refractivity contribution in [1.82, 2.24) is 15.4 Å². The van der Waals surface area contributed by atoms with Gasteiger partial charge in [-0.2, -0.15) is 18.3 Å². The summed E-state index contributed by atoms with van der Waals surface area (Å²) >= 11 is 6.09. The van der Waals surface area contributed by atoms with Crippen LogP contribution in [0.1, 0.15) is 16.8 Å². The van der Waals surface area contributed by atoms with E-state index in [1.54, 1.807) is 17.1 Å². The van der Waals surface area contributed by atoms with Gasteiger partial charge in [0.05, 0.1) is 11.4 Å². The van der Waals surface area contributed by atoms with Gasteiger partial charge in [0.15, 0.2) is 18.4 Å². The number of carbonyl (C=O) groups excluding carboxylic acids is 1. The topological polar surface area (TPSA) is 102 Å². The van der Waals surface area contributed by atoms with Gasteiger partial charge in [-0.3, -0.25) is 10.1 Å². The van der Waals surface area contributed by atoms with Crippen molar-refractivity contribution in [3.63, 3.8) is 0 Å². The zero-order valence-corrected chi connectivity index (χ0v) is 19.0. The van der Waals surface area contributed by atoms with Crippen molar-refractivity contribution in [1.29, 1.82) is 0 Å². The Hall–Kier alpha value is -3.99. The Kier molecular flexibility index (Phi) is 7.25. The van der Waals surface area contributed by atoms with Crippen LogP contribution in [0.5, 0.6) is 0 Å². The number of para-hydroxylation sites is 1. The van der Waals surface area contributed by atoms with Crippen LogP contribution in [-0.4, -0.2) is 22.5 Å². The fourth-order valence-corrected chi connectivity index (χ4v) is 3.63. The highest BCUT2D eigenvalue weighted by molar-refractivity contribution is 6.31. The molecule has 0 saturated heterocycles. The molecule has 180 valence electrons. The Morgan fingerprint density at radius 3 is 2.71 bits per heavy atom. The minimum absolute atomic E-state index is 0.0280. The predicted molar refractivity (Wildman–Crippen MR) is 119 cm³/mol. The van der Waals surface area contributed by atoms with Gasteiger partial charge in [-0.05, 0) is 17.1 Å².